The average Bonchev–Trinajstić information content (AvgIpc) is 2.58. The van der Waals surface area contributed by atoms with Crippen molar-refractivity contribution in [2.75, 3.05) is 0 Å². The van der Waals surface area contributed by atoms with Gasteiger partial charge in [0.05, 0.1) is 6.04 Å². The van der Waals surface area contributed by atoms with Crippen molar-refractivity contribution in [3.05, 3.63) is 71.8 Å². The first kappa shape index (κ1) is 18.7. The molecule has 0 aromatic heterocycles. The number of aldehydes is 1. The standard InChI is InChI=1S/C21H25NO3/c1-21(2,3)25-20(24)22-19(17-12-8-5-9-13-17)18(15-23)14-16-10-6-4-7-11-16/h4-13,15,18-19H,14H2,1-3H3,(H,22,24)/t18-,19-/m1/s1. The molecule has 0 bridgehead atoms. The summed E-state index contributed by atoms with van der Waals surface area (Å²) < 4.78 is 5.37. The number of ether oxygens (including phenoxy) is 1. The molecule has 1 N–H and O–H groups in total. The largest absolute Gasteiger partial charge is 0.444 e. The molecule has 2 aromatic rings. The van der Waals surface area contributed by atoms with Gasteiger partial charge in [0.15, 0.2) is 0 Å². The monoisotopic (exact) mass is 339 g/mol. The number of amides is 1. The van der Waals surface area contributed by atoms with Gasteiger partial charge in [0.1, 0.15) is 11.9 Å². The van der Waals surface area contributed by atoms with Gasteiger partial charge < -0.3 is 14.8 Å². The average molecular weight is 339 g/mol. The Morgan fingerprint density at radius 3 is 2.12 bits per heavy atom. The third-order valence-corrected chi connectivity index (χ3v) is 3.75. The lowest BCUT2D eigenvalue weighted by molar-refractivity contribution is -0.111. The number of carbonyl (C=O) groups is 2. The molecule has 0 aliphatic heterocycles. The summed E-state index contributed by atoms with van der Waals surface area (Å²) in [5.74, 6) is -0.391. The molecule has 0 saturated heterocycles. The lowest BCUT2D eigenvalue weighted by atomic mass is 9.89. The van der Waals surface area contributed by atoms with E-state index in [1.807, 2.05) is 81.4 Å². The molecule has 0 heterocycles. The molecule has 132 valence electrons. The third-order valence-electron chi connectivity index (χ3n) is 3.75. The topological polar surface area (TPSA) is 55.4 Å². The van der Waals surface area contributed by atoms with Crippen molar-refractivity contribution in [2.24, 2.45) is 5.92 Å². The fraction of sp³-hybridized carbons (Fsp3) is 0.333. The maximum atomic E-state index is 12.3. The van der Waals surface area contributed by atoms with Gasteiger partial charge >= 0.3 is 6.09 Å². The Morgan fingerprint density at radius 1 is 1.04 bits per heavy atom. The highest BCUT2D eigenvalue weighted by molar-refractivity contribution is 5.70. The van der Waals surface area contributed by atoms with E-state index in [4.69, 9.17) is 4.74 Å². The lowest BCUT2D eigenvalue weighted by Gasteiger charge is -2.27. The quantitative estimate of drug-likeness (QED) is 0.798. The number of hydrogen-bond donors (Lipinski definition) is 1. The smallest absolute Gasteiger partial charge is 0.408 e. The summed E-state index contributed by atoms with van der Waals surface area (Å²) in [5, 5.41) is 2.87. The van der Waals surface area contributed by atoms with Gasteiger partial charge in [-0.15, -0.1) is 0 Å². The zero-order valence-electron chi connectivity index (χ0n) is 14.9. The van der Waals surface area contributed by atoms with Crippen LogP contribution in [0.15, 0.2) is 60.7 Å². The Hall–Kier alpha value is -2.62. The zero-order chi connectivity index (χ0) is 18.3. The van der Waals surface area contributed by atoms with E-state index < -0.39 is 23.7 Å². The Bertz CT molecular complexity index is 677. The van der Waals surface area contributed by atoms with Crippen LogP contribution in [-0.2, 0) is 16.0 Å². The predicted molar refractivity (Wildman–Crippen MR) is 98.3 cm³/mol. The van der Waals surface area contributed by atoms with E-state index in [2.05, 4.69) is 5.32 Å². The predicted octanol–water partition coefficient (Wildman–Crippen LogP) is 4.31. The van der Waals surface area contributed by atoms with E-state index in [1.54, 1.807) is 0 Å². The molecule has 4 heteroatoms. The Labute approximate surface area is 149 Å². The van der Waals surface area contributed by atoms with Gasteiger partial charge in [-0.3, -0.25) is 0 Å². The van der Waals surface area contributed by atoms with E-state index in [-0.39, 0.29) is 0 Å². The molecule has 4 nitrogen and oxygen atoms in total. The minimum Gasteiger partial charge on any atom is -0.444 e. The van der Waals surface area contributed by atoms with Gasteiger partial charge in [0, 0.05) is 5.92 Å². The number of nitrogens with one attached hydrogen (secondary N) is 1. The van der Waals surface area contributed by atoms with E-state index >= 15 is 0 Å². The van der Waals surface area contributed by atoms with Crippen LogP contribution in [0.25, 0.3) is 0 Å². The van der Waals surface area contributed by atoms with E-state index in [9.17, 15) is 9.59 Å². The van der Waals surface area contributed by atoms with Gasteiger partial charge in [0.25, 0.3) is 0 Å². The molecule has 0 spiro atoms. The molecule has 0 saturated carbocycles. The molecule has 2 aromatic carbocycles. The molecule has 0 unspecified atom stereocenters. The highest BCUT2D eigenvalue weighted by atomic mass is 16.6. The molecule has 0 radical (unpaired) electrons. The van der Waals surface area contributed by atoms with Crippen molar-refractivity contribution in [3.8, 4) is 0 Å². The Morgan fingerprint density at radius 2 is 1.60 bits per heavy atom. The number of rotatable bonds is 6. The Kier molecular flexibility index (Phi) is 6.34. The van der Waals surface area contributed by atoms with Crippen molar-refractivity contribution in [1.82, 2.24) is 5.32 Å². The second kappa shape index (κ2) is 8.47. The summed E-state index contributed by atoms with van der Waals surface area (Å²) >= 11 is 0. The normalized spacial score (nSPS) is 13.6. The van der Waals surface area contributed by atoms with E-state index in [0.29, 0.717) is 6.42 Å². The fourth-order valence-corrected chi connectivity index (χ4v) is 2.66. The minimum absolute atomic E-state index is 0.391. The first-order valence-electron chi connectivity index (χ1n) is 8.43. The van der Waals surface area contributed by atoms with Crippen LogP contribution in [0, 0.1) is 5.92 Å². The summed E-state index contributed by atoms with van der Waals surface area (Å²) in [4.78, 5) is 24.1. The molecule has 25 heavy (non-hydrogen) atoms. The lowest BCUT2D eigenvalue weighted by Crippen LogP contribution is -2.38. The van der Waals surface area contributed by atoms with Gasteiger partial charge in [0.2, 0.25) is 0 Å². The number of alkyl carbamates (subject to hydrolysis) is 1. The van der Waals surface area contributed by atoms with Crippen LogP contribution in [0.4, 0.5) is 4.79 Å². The molecular weight excluding hydrogens is 314 g/mol. The van der Waals surface area contributed by atoms with Crippen LogP contribution >= 0.6 is 0 Å². The molecule has 0 aliphatic carbocycles. The highest BCUT2D eigenvalue weighted by Crippen LogP contribution is 2.25. The van der Waals surface area contributed by atoms with Crippen molar-refractivity contribution in [2.45, 2.75) is 38.8 Å². The molecule has 0 fully saturated rings. The second-order valence-corrected chi connectivity index (χ2v) is 7.02. The molecule has 0 aliphatic rings. The summed E-state index contributed by atoms with van der Waals surface area (Å²) in [6, 6.07) is 18.8. The summed E-state index contributed by atoms with van der Waals surface area (Å²) in [6.07, 6.45) is 0.920. The highest BCUT2D eigenvalue weighted by Gasteiger charge is 2.27. The van der Waals surface area contributed by atoms with E-state index in [1.165, 1.54) is 0 Å². The van der Waals surface area contributed by atoms with Crippen molar-refractivity contribution >= 4 is 12.4 Å². The van der Waals surface area contributed by atoms with Gasteiger partial charge in [-0.1, -0.05) is 60.7 Å². The number of benzene rings is 2. The molecule has 2 rings (SSSR count). The van der Waals surface area contributed by atoms with Crippen molar-refractivity contribution in [3.63, 3.8) is 0 Å². The maximum absolute atomic E-state index is 12.3. The van der Waals surface area contributed by atoms with Crippen LogP contribution in [-0.4, -0.2) is 18.0 Å². The van der Waals surface area contributed by atoms with Crippen molar-refractivity contribution < 1.29 is 14.3 Å². The minimum atomic E-state index is -0.596. The summed E-state index contributed by atoms with van der Waals surface area (Å²) in [6.45, 7) is 5.43. The molecular formula is C21H25NO3. The summed E-state index contributed by atoms with van der Waals surface area (Å²) in [5.41, 5.74) is 1.33. The third kappa shape index (κ3) is 6.07. The first-order chi connectivity index (χ1) is 11.9. The number of hydrogen-bond acceptors (Lipinski definition) is 3. The number of carbonyl (C=O) groups excluding carboxylic acids is 2. The van der Waals surface area contributed by atoms with Crippen LogP contribution < -0.4 is 5.32 Å². The van der Waals surface area contributed by atoms with Crippen LogP contribution in [0.3, 0.4) is 0 Å². The van der Waals surface area contributed by atoms with Gasteiger partial charge in [-0.05, 0) is 38.3 Å². The molecule has 2 atom stereocenters. The SMILES string of the molecule is CC(C)(C)OC(=O)N[C@H](c1ccccc1)[C@@H](C=O)Cc1ccccc1. The summed E-state index contributed by atoms with van der Waals surface area (Å²) in [7, 11) is 0. The zero-order valence-corrected chi connectivity index (χ0v) is 14.9. The first-order valence-corrected chi connectivity index (χ1v) is 8.43. The second-order valence-electron chi connectivity index (χ2n) is 7.02. The molecule has 1 amide bonds. The maximum Gasteiger partial charge on any atom is 0.408 e. The van der Waals surface area contributed by atoms with Crippen LogP contribution in [0.5, 0.6) is 0 Å². The Balaban J connectivity index is 2.23. The van der Waals surface area contributed by atoms with Crippen LogP contribution in [0.2, 0.25) is 0 Å². The van der Waals surface area contributed by atoms with E-state index in [0.717, 1.165) is 17.4 Å². The van der Waals surface area contributed by atoms with Crippen molar-refractivity contribution in [1.29, 1.82) is 0 Å². The fourth-order valence-electron chi connectivity index (χ4n) is 2.66. The van der Waals surface area contributed by atoms with Gasteiger partial charge in [-0.2, -0.15) is 0 Å². The van der Waals surface area contributed by atoms with Gasteiger partial charge in [-0.25, -0.2) is 4.79 Å². The van der Waals surface area contributed by atoms with Crippen LogP contribution in [0.1, 0.15) is 37.9 Å².